The van der Waals surface area contributed by atoms with Crippen LogP contribution in [0.1, 0.15) is 30.3 Å². The SMILES string of the molecule is CCOC(=O)C1=C(C)N=c2s/c(=C/c3cccs3)c(=O)n2C1c1ccc(Br)cc1. The van der Waals surface area contributed by atoms with E-state index in [1.807, 2.05) is 47.9 Å². The third-order valence-corrected chi connectivity index (χ3v) is 6.85. The number of carbonyl (C=O) groups is 1. The highest BCUT2D eigenvalue weighted by atomic mass is 79.9. The number of hydrogen-bond donors (Lipinski definition) is 0. The van der Waals surface area contributed by atoms with Gasteiger partial charge in [-0.05, 0) is 49.1 Å². The van der Waals surface area contributed by atoms with Crippen molar-refractivity contribution in [1.29, 1.82) is 0 Å². The van der Waals surface area contributed by atoms with Crippen LogP contribution in [0.2, 0.25) is 0 Å². The van der Waals surface area contributed by atoms with E-state index in [-0.39, 0.29) is 12.2 Å². The number of allylic oxidation sites excluding steroid dienone is 1. The minimum Gasteiger partial charge on any atom is -0.463 e. The molecule has 8 heteroatoms. The first kappa shape index (κ1) is 20.0. The second-order valence-corrected chi connectivity index (χ2v) is 9.27. The average molecular weight is 489 g/mol. The molecule has 0 bridgehead atoms. The molecule has 0 saturated carbocycles. The van der Waals surface area contributed by atoms with Gasteiger partial charge in [0, 0.05) is 9.35 Å². The van der Waals surface area contributed by atoms with Crippen molar-refractivity contribution in [2.24, 2.45) is 4.99 Å². The third kappa shape index (κ3) is 3.80. The van der Waals surface area contributed by atoms with Crippen LogP contribution in [0.4, 0.5) is 0 Å². The van der Waals surface area contributed by atoms with Crippen molar-refractivity contribution in [2.75, 3.05) is 6.61 Å². The molecule has 0 saturated heterocycles. The van der Waals surface area contributed by atoms with Gasteiger partial charge in [0.05, 0.1) is 28.5 Å². The molecule has 148 valence electrons. The van der Waals surface area contributed by atoms with E-state index in [1.54, 1.807) is 29.8 Å². The number of hydrogen-bond acceptors (Lipinski definition) is 6. The summed E-state index contributed by atoms with van der Waals surface area (Å²) in [5, 5.41) is 1.97. The van der Waals surface area contributed by atoms with Gasteiger partial charge in [-0.25, -0.2) is 9.79 Å². The van der Waals surface area contributed by atoms with Crippen LogP contribution < -0.4 is 14.9 Å². The summed E-state index contributed by atoms with van der Waals surface area (Å²) in [4.78, 5) is 32.2. The standard InChI is InChI=1S/C21H17BrN2O3S2/c1-3-27-20(26)17-12(2)23-21-24(18(17)13-6-8-14(22)9-7-13)19(25)16(29-21)11-15-5-4-10-28-15/h4-11,18H,3H2,1-2H3/b16-11+. The molecular formula is C21H17BrN2O3S2. The number of ether oxygens (including phenoxy) is 1. The number of benzene rings is 1. The van der Waals surface area contributed by atoms with E-state index in [9.17, 15) is 9.59 Å². The van der Waals surface area contributed by atoms with Crippen molar-refractivity contribution in [3.63, 3.8) is 0 Å². The van der Waals surface area contributed by atoms with Crippen molar-refractivity contribution in [1.82, 2.24) is 4.57 Å². The second-order valence-electron chi connectivity index (χ2n) is 6.37. The molecule has 1 aliphatic heterocycles. The zero-order valence-electron chi connectivity index (χ0n) is 15.7. The Morgan fingerprint density at radius 1 is 1.31 bits per heavy atom. The number of rotatable bonds is 4. The van der Waals surface area contributed by atoms with Crippen molar-refractivity contribution < 1.29 is 9.53 Å². The summed E-state index contributed by atoms with van der Waals surface area (Å²) in [5.74, 6) is -0.450. The van der Waals surface area contributed by atoms with Crippen LogP contribution >= 0.6 is 38.6 Å². The van der Waals surface area contributed by atoms with Crippen LogP contribution in [-0.2, 0) is 9.53 Å². The van der Waals surface area contributed by atoms with Gasteiger partial charge >= 0.3 is 5.97 Å². The monoisotopic (exact) mass is 488 g/mol. The molecule has 0 radical (unpaired) electrons. The molecule has 0 fully saturated rings. The van der Waals surface area contributed by atoms with E-state index in [4.69, 9.17) is 4.74 Å². The van der Waals surface area contributed by atoms with Gasteiger partial charge < -0.3 is 4.74 Å². The molecule has 1 aromatic carbocycles. The van der Waals surface area contributed by atoms with E-state index in [2.05, 4.69) is 20.9 Å². The molecule has 29 heavy (non-hydrogen) atoms. The Hall–Kier alpha value is -2.29. The molecule has 3 heterocycles. The summed E-state index contributed by atoms with van der Waals surface area (Å²) in [6.07, 6.45) is 1.87. The van der Waals surface area contributed by atoms with Crippen LogP contribution in [0.15, 0.2) is 67.3 Å². The zero-order chi connectivity index (χ0) is 20.5. The molecule has 1 aliphatic rings. The van der Waals surface area contributed by atoms with Crippen LogP contribution in [0, 0.1) is 0 Å². The number of thiazole rings is 1. The molecule has 2 aromatic heterocycles. The quantitative estimate of drug-likeness (QED) is 0.526. The topological polar surface area (TPSA) is 60.7 Å². The Balaban J connectivity index is 1.97. The van der Waals surface area contributed by atoms with Crippen molar-refractivity contribution >= 4 is 50.6 Å². The van der Waals surface area contributed by atoms with Gasteiger partial charge in [0.15, 0.2) is 4.80 Å². The molecule has 0 aliphatic carbocycles. The summed E-state index contributed by atoms with van der Waals surface area (Å²) >= 11 is 6.34. The smallest absolute Gasteiger partial charge is 0.338 e. The minimum atomic E-state index is -0.580. The summed E-state index contributed by atoms with van der Waals surface area (Å²) in [5.41, 5.74) is 1.63. The lowest BCUT2D eigenvalue weighted by Crippen LogP contribution is -2.39. The molecule has 5 nitrogen and oxygen atoms in total. The Bertz CT molecular complexity index is 1270. The lowest BCUT2D eigenvalue weighted by Gasteiger charge is -2.24. The first-order chi connectivity index (χ1) is 14.0. The maximum Gasteiger partial charge on any atom is 0.338 e. The molecule has 1 atom stereocenters. The van der Waals surface area contributed by atoms with Gasteiger partial charge in [-0.2, -0.15) is 0 Å². The predicted molar refractivity (Wildman–Crippen MR) is 119 cm³/mol. The highest BCUT2D eigenvalue weighted by Gasteiger charge is 2.33. The van der Waals surface area contributed by atoms with E-state index < -0.39 is 12.0 Å². The van der Waals surface area contributed by atoms with Gasteiger partial charge in [0.2, 0.25) is 0 Å². The van der Waals surface area contributed by atoms with Crippen LogP contribution in [0.25, 0.3) is 6.08 Å². The molecule has 1 unspecified atom stereocenters. The summed E-state index contributed by atoms with van der Waals surface area (Å²) in [7, 11) is 0. The second kappa shape index (κ2) is 8.22. The molecular weight excluding hydrogens is 472 g/mol. The minimum absolute atomic E-state index is 0.163. The van der Waals surface area contributed by atoms with Gasteiger partial charge in [-0.3, -0.25) is 9.36 Å². The number of carbonyl (C=O) groups excluding carboxylic acids is 1. The van der Waals surface area contributed by atoms with Gasteiger partial charge in [-0.15, -0.1) is 11.3 Å². The number of esters is 1. The normalized spacial score (nSPS) is 16.5. The lowest BCUT2D eigenvalue weighted by atomic mass is 9.96. The number of halogens is 1. The number of nitrogens with zero attached hydrogens (tertiary/aromatic N) is 2. The largest absolute Gasteiger partial charge is 0.463 e. The predicted octanol–water partition coefficient (Wildman–Crippen LogP) is 3.62. The Morgan fingerprint density at radius 3 is 2.72 bits per heavy atom. The molecule has 4 rings (SSSR count). The van der Waals surface area contributed by atoms with Gasteiger partial charge in [-0.1, -0.05) is 45.5 Å². The van der Waals surface area contributed by atoms with E-state index in [0.717, 1.165) is 14.9 Å². The highest BCUT2D eigenvalue weighted by molar-refractivity contribution is 9.10. The highest BCUT2D eigenvalue weighted by Crippen LogP contribution is 2.31. The summed E-state index contributed by atoms with van der Waals surface area (Å²) < 4.78 is 8.40. The van der Waals surface area contributed by atoms with E-state index >= 15 is 0 Å². The molecule has 0 amide bonds. The summed E-state index contributed by atoms with van der Waals surface area (Å²) in [6.45, 7) is 3.80. The maximum atomic E-state index is 13.3. The fourth-order valence-electron chi connectivity index (χ4n) is 3.25. The zero-order valence-corrected chi connectivity index (χ0v) is 18.9. The Labute approximate surface area is 183 Å². The van der Waals surface area contributed by atoms with Crippen LogP contribution in [-0.4, -0.2) is 17.1 Å². The fourth-order valence-corrected chi connectivity index (χ4v) is 5.29. The molecule has 0 spiro atoms. The van der Waals surface area contributed by atoms with E-state index in [0.29, 0.717) is 20.6 Å². The number of aromatic nitrogens is 1. The van der Waals surface area contributed by atoms with Crippen molar-refractivity contribution in [3.05, 3.63) is 87.6 Å². The first-order valence-corrected chi connectivity index (χ1v) is 11.5. The molecule has 0 N–H and O–H groups in total. The van der Waals surface area contributed by atoms with E-state index in [1.165, 1.54) is 11.3 Å². The number of thiophene rings is 1. The van der Waals surface area contributed by atoms with Crippen molar-refractivity contribution in [2.45, 2.75) is 19.9 Å². The fraction of sp³-hybridized carbons (Fsp3) is 0.190. The third-order valence-electron chi connectivity index (χ3n) is 4.52. The number of fused-ring (bicyclic) bond motifs is 1. The average Bonchev–Trinajstić information content (AvgIpc) is 3.30. The van der Waals surface area contributed by atoms with Crippen LogP contribution in [0.5, 0.6) is 0 Å². The maximum absolute atomic E-state index is 13.3. The Kier molecular flexibility index (Phi) is 5.67. The lowest BCUT2D eigenvalue weighted by molar-refractivity contribution is -0.139. The Morgan fingerprint density at radius 2 is 2.07 bits per heavy atom. The molecule has 3 aromatic rings. The van der Waals surface area contributed by atoms with Crippen molar-refractivity contribution in [3.8, 4) is 0 Å². The van der Waals surface area contributed by atoms with Gasteiger partial charge in [0.25, 0.3) is 5.56 Å². The summed E-state index contributed by atoms with van der Waals surface area (Å²) in [6, 6.07) is 10.9. The van der Waals surface area contributed by atoms with Crippen LogP contribution in [0.3, 0.4) is 0 Å². The first-order valence-electron chi connectivity index (χ1n) is 8.98. The van der Waals surface area contributed by atoms with Gasteiger partial charge in [0.1, 0.15) is 0 Å².